The van der Waals surface area contributed by atoms with Crippen molar-refractivity contribution in [1.29, 1.82) is 0 Å². The Hall–Kier alpha value is -2.81. The Bertz CT molecular complexity index is 970. The molecule has 2 aromatic heterocycles. The van der Waals surface area contributed by atoms with Gasteiger partial charge in [0, 0.05) is 25.2 Å². The second-order valence-electron chi connectivity index (χ2n) is 7.15. The largest absolute Gasteiger partial charge is 0.467 e. The summed E-state index contributed by atoms with van der Waals surface area (Å²) < 4.78 is 21.2. The van der Waals surface area contributed by atoms with Gasteiger partial charge in [0.15, 0.2) is 5.16 Å². The molecule has 3 heterocycles. The number of carbonyl (C=O) groups is 1. The topological polar surface area (TPSA) is 76.2 Å². The maximum atomic E-state index is 13.7. The predicted octanol–water partition coefficient (Wildman–Crippen LogP) is 3.46. The van der Waals surface area contributed by atoms with E-state index in [1.807, 2.05) is 16.7 Å². The van der Waals surface area contributed by atoms with Crippen molar-refractivity contribution < 1.29 is 13.6 Å². The fourth-order valence-corrected chi connectivity index (χ4v) is 4.19. The Kier molecular flexibility index (Phi) is 6.68. The van der Waals surface area contributed by atoms with Gasteiger partial charge in [0.2, 0.25) is 11.9 Å². The van der Waals surface area contributed by atoms with Crippen LogP contribution in [-0.4, -0.2) is 39.5 Å². The molecule has 1 aliphatic rings. The molecule has 158 valence electrons. The van der Waals surface area contributed by atoms with Gasteiger partial charge in [-0.15, -0.1) is 10.2 Å². The van der Waals surface area contributed by atoms with E-state index in [-0.39, 0.29) is 24.0 Å². The summed E-state index contributed by atoms with van der Waals surface area (Å²) in [7, 11) is 0. The first-order valence-electron chi connectivity index (χ1n) is 10.0. The van der Waals surface area contributed by atoms with E-state index in [9.17, 15) is 9.18 Å². The number of rotatable bonds is 8. The summed E-state index contributed by atoms with van der Waals surface area (Å²) in [6.45, 7) is 2.56. The molecule has 1 aliphatic heterocycles. The molecule has 1 fully saturated rings. The quantitative estimate of drug-likeness (QED) is 0.553. The van der Waals surface area contributed by atoms with Crippen molar-refractivity contribution in [2.45, 2.75) is 37.5 Å². The molecule has 7 nitrogen and oxygen atoms in total. The summed E-state index contributed by atoms with van der Waals surface area (Å²) in [4.78, 5) is 14.5. The van der Waals surface area contributed by atoms with Crippen LogP contribution in [0.25, 0.3) is 0 Å². The van der Waals surface area contributed by atoms with Crippen molar-refractivity contribution in [3.63, 3.8) is 0 Å². The molecule has 1 N–H and O–H groups in total. The van der Waals surface area contributed by atoms with Crippen molar-refractivity contribution in [3.05, 3.63) is 59.8 Å². The number of carbonyl (C=O) groups excluding carboxylic acids is 1. The molecule has 0 atom stereocenters. The molecule has 0 saturated carbocycles. The van der Waals surface area contributed by atoms with E-state index < -0.39 is 0 Å². The number of amides is 1. The van der Waals surface area contributed by atoms with Crippen LogP contribution in [0.1, 0.15) is 30.6 Å². The van der Waals surface area contributed by atoms with E-state index >= 15 is 0 Å². The molecule has 0 aliphatic carbocycles. The molecule has 4 rings (SSSR count). The second-order valence-corrected chi connectivity index (χ2v) is 8.10. The Morgan fingerprint density at radius 3 is 2.73 bits per heavy atom. The van der Waals surface area contributed by atoms with Crippen LogP contribution in [0.4, 0.5) is 10.3 Å². The lowest BCUT2D eigenvalue weighted by Crippen LogP contribution is -2.32. The molecular weight excluding hydrogens is 405 g/mol. The molecule has 0 unspecified atom stereocenters. The number of furan rings is 1. The number of aromatic nitrogens is 3. The number of hydrogen-bond donors (Lipinski definition) is 1. The third-order valence-corrected chi connectivity index (χ3v) is 5.96. The van der Waals surface area contributed by atoms with Gasteiger partial charge in [-0.1, -0.05) is 30.0 Å². The van der Waals surface area contributed by atoms with Crippen LogP contribution in [0.2, 0.25) is 0 Å². The van der Waals surface area contributed by atoms with Crippen LogP contribution in [0.5, 0.6) is 0 Å². The van der Waals surface area contributed by atoms with Crippen LogP contribution in [0.15, 0.2) is 52.2 Å². The highest BCUT2D eigenvalue weighted by Gasteiger charge is 2.21. The van der Waals surface area contributed by atoms with Gasteiger partial charge in [0.25, 0.3) is 0 Å². The Balaban J connectivity index is 1.41. The minimum Gasteiger partial charge on any atom is -0.467 e. The highest BCUT2D eigenvalue weighted by molar-refractivity contribution is 7.99. The van der Waals surface area contributed by atoms with Crippen molar-refractivity contribution >= 4 is 23.6 Å². The molecule has 9 heteroatoms. The molecule has 1 saturated heterocycles. The van der Waals surface area contributed by atoms with Crippen molar-refractivity contribution in [3.8, 4) is 0 Å². The monoisotopic (exact) mass is 429 g/mol. The summed E-state index contributed by atoms with van der Waals surface area (Å²) in [6, 6.07) is 10.2. The lowest BCUT2D eigenvalue weighted by atomic mass is 10.1. The summed E-state index contributed by atoms with van der Waals surface area (Å²) in [5, 5.41) is 12.1. The fourth-order valence-electron chi connectivity index (χ4n) is 3.43. The molecule has 1 amide bonds. The highest BCUT2D eigenvalue weighted by Crippen LogP contribution is 2.25. The van der Waals surface area contributed by atoms with Crippen LogP contribution in [0.3, 0.4) is 0 Å². The van der Waals surface area contributed by atoms with Gasteiger partial charge in [0.05, 0.1) is 18.6 Å². The first kappa shape index (κ1) is 20.5. The first-order valence-corrected chi connectivity index (χ1v) is 11.0. The highest BCUT2D eigenvalue weighted by atomic mass is 32.2. The van der Waals surface area contributed by atoms with Gasteiger partial charge in [-0.2, -0.15) is 0 Å². The number of thioether (sulfide) groups is 1. The number of anilines is 1. The van der Waals surface area contributed by atoms with Crippen molar-refractivity contribution in [2.75, 3.05) is 23.7 Å². The summed E-state index contributed by atoms with van der Waals surface area (Å²) in [5.41, 5.74) is 0.462. The normalized spacial score (nSPS) is 14.1. The molecule has 0 radical (unpaired) electrons. The van der Waals surface area contributed by atoms with Gasteiger partial charge in [-0.3, -0.25) is 9.36 Å². The van der Waals surface area contributed by atoms with Gasteiger partial charge < -0.3 is 14.6 Å². The number of halogens is 1. The fraction of sp³-hybridized carbons (Fsp3) is 0.381. The molecule has 3 aromatic rings. The number of piperidine rings is 1. The maximum Gasteiger partial charge on any atom is 0.230 e. The summed E-state index contributed by atoms with van der Waals surface area (Å²) >= 11 is 1.32. The van der Waals surface area contributed by atoms with Crippen LogP contribution < -0.4 is 10.2 Å². The average molecular weight is 430 g/mol. The van der Waals surface area contributed by atoms with E-state index in [2.05, 4.69) is 20.4 Å². The van der Waals surface area contributed by atoms with Gasteiger partial charge in [-0.25, -0.2) is 4.39 Å². The Morgan fingerprint density at radius 2 is 1.97 bits per heavy atom. The zero-order valence-electron chi connectivity index (χ0n) is 16.6. The second kappa shape index (κ2) is 9.80. The smallest absolute Gasteiger partial charge is 0.230 e. The van der Waals surface area contributed by atoms with Gasteiger partial charge >= 0.3 is 0 Å². The molecule has 0 bridgehead atoms. The molecule has 0 spiro atoms. The summed E-state index contributed by atoms with van der Waals surface area (Å²) in [5.74, 6) is 1.27. The average Bonchev–Trinajstić information content (AvgIpc) is 3.43. The van der Waals surface area contributed by atoms with Crippen molar-refractivity contribution in [2.24, 2.45) is 0 Å². The minimum atomic E-state index is -0.324. The van der Waals surface area contributed by atoms with Gasteiger partial charge in [0.1, 0.15) is 11.6 Å². The van der Waals surface area contributed by atoms with E-state index in [0.717, 1.165) is 37.6 Å². The van der Waals surface area contributed by atoms with Crippen LogP contribution in [0, 0.1) is 5.82 Å². The minimum absolute atomic E-state index is 0.157. The third-order valence-electron chi connectivity index (χ3n) is 5.00. The Labute approximate surface area is 178 Å². The van der Waals surface area contributed by atoms with Gasteiger partial charge in [-0.05, 0) is 37.5 Å². The van der Waals surface area contributed by atoms with E-state index in [1.54, 1.807) is 24.5 Å². The van der Waals surface area contributed by atoms with Crippen LogP contribution in [-0.2, 0) is 17.9 Å². The number of nitrogens with one attached hydrogen (secondary N) is 1. The number of benzene rings is 1. The predicted molar refractivity (Wildman–Crippen MR) is 113 cm³/mol. The van der Waals surface area contributed by atoms with E-state index in [4.69, 9.17) is 4.42 Å². The molecule has 1 aromatic carbocycles. The zero-order chi connectivity index (χ0) is 20.8. The standard InChI is InChI=1S/C21H24FN5O2S/c22-18-9-3-2-7-16(18)13-23-19(28)15-30-21-25-24-20(26-10-4-1-5-11-26)27(21)14-17-8-6-12-29-17/h2-3,6-9,12H,1,4-5,10-11,13-15H2,(H,23,28). The lowest BCUT2D eigenvalue weighted by molar-refractivity contribution is -0.118. The zero-order valence-corrected chi connectivity index (χ0v) is 17.4. The summed E-state index contributed by atoms with van der Waals surface area (Å²) in [6.07, 6.45) is 5.14. The number of nitrogens with zero attached hydrogens (tertiary/aromatic N) is 4. The van der Waals surface area contributed by atoms with Crippen LogP contribution >= 0.6 is 11.8 Å². The van der Waals surface area contributed by atoms with E-state index in [0.29, 0.717) is 17.3 Å². The molecular formula is C21H24FN5O2S. The number of hydrogen-bond acceptors (Lipinski definition) is 6. The van der Waals surface area contributed by atoms with E-state index in [1.165, 1.54) is 24.2 Å². The lowest BCUT2D eigenvalue weighted by Gasteiger charge is -2.27. The molecule has 30 heavy (non-hydrogen) atoms. The van der Waals surface area contributed by atoms with Crippen molar-refractivity contribution in [1.82, 2.24) is 20.1 Å². The third kappa shape index (κ3) is 5.02. The maximum absolute atomic E-state index is 13.7. The SMILES string of the molecule is O=C(CSc1nnc(N2CCCCC2)n1Cc1ccco1)NCc1ccccc1F. The first-order chi connectivity index (χ1) is 14.7. The Morgan fingerprint density at radius 1 is 1.13 bits per heavy atom.